The molecule has 1 unspecified atom stereocenters. The Kier molecular flexibility index (Phi) is 2.98. The van der Waals surface area contributed by atoms with E-state index in [2.05, 4.69) is 6.07 Å². The zero-order chi connectivity index (χ0) is 12.4. The Balaban J connectivity index is 2.36. The number of carbonyl (C=O) groups is 1. The summed E-state index contributed by atoms with van der Waals surface area (Å²) in [6.45, 7) is 0.956. The molecule has 5 nitrogen and oxygen atoms in total. The summed E-state index contributed by atoms with van der Waals surface area (Å²) in [7, 11) is 1.73. The molecule has 0 aromatic heterocycles. The van der Waals surface area contributed by atoms with Gasteiger partial charge < -0.3 is 10.6 Å². The third-order valence-corrected chi connectivity index (χ3v) is 3.06. The number of hydrogen-bond donors (Lipinski definition) is 1. The molecule has 5 heteroatoms. The maximum absolute atomic E-state index is 12.0. The number of nitrogens with two attached hydrogens (primary N) is 1. The predicted octanol–water partition coefficient (Wildman–Crippen LogP) is 0.757. The second kappa shape index (κ2) is 4.44. The third-order valence-electron chi connectivity index (χ3n) is 3.06. The fourth-order valence-electron chi connectivity index (χ4n) is 2.00. The van der Waals surface area contributed by atoms with Crippen LogP contribution in [-0.4, -0.2) is 37.1 Å². The average molecular weight is 230 g/mol. The Bertz CT molecular complexity index is 480. The number of urea groups is 1. The maximum atomic E-state index is 12.0. The van der Waals surface area contributed by atoms with E-state index < -0.39 is 0 Å². The highest BCUT2D eigenvalue weighted by Gasteiger charge is 2.35. The molecule has 0 aliphatic carbocycles. The summed E-state index contributed by atoms with van der Waals surface area (Å²) >= 11 is 0. The highest BCUT2D eigenvalue weighted by molar-refractivity contribution is 5.95. The van der Waals surface area contributed by atoms with E-state index in [1.54, 1.807) is 35.0 Å². The van der Waals surface area contributed by atoms with E-state index in [9.17, 15) is 4.79 Å². The number of rotatable bonds is 2. The van der Waals surface area contributed by atoms with Crippen LogP contribution in [0.4, 0.5) is 10.5 Å². The molecule has 1 heterocycles. The van der Waals surface area contributed by atoms with Gasteiger partial charge in [0.15, 0.2) is 0 Å². The molecule has 1 aliphatic rings. The number of nitriles is 1. The van der Waals surface area contributed by atoms with Crippen LogP contribution in [0.15, 0.2) is 24.3 Å². The zero-order valence-corrected chi connectivity index (χ0v) is 9.63. The molecule has 0 saturated carbocycles. The first-order chi connectivity index (χ1) is 8.19. The summed E-state index contributed by atoms with van der Waals surface area (Å²) in [4.78, 5) is 15.3. The van der Waals surface area contributed by atoms with Gasteiger partial charge in [-0.1, -0.05) is 12.1 Å². The molecule has 2 N–H and O–H groups in total. The van der Waals surface area contributed by atoms with E-state index >= 15 is 0 Å². The van der Waals surface area contributed by atoms with Gasteiger partial charge >= 0.3 is 6.03 Å². The van der Waals surface area contributed by atoms with Crippen molar-refractivity contribution in [1.29, 1.82) is 5.26 Å². The van der Waals surface area contributed by atoms with E-state index in [0.717, 1.165) is 0 Å². The summed E-state index contributed by atoms with van der Waals surface area (Å²) in [6, 6.07) is 9.09. The van der Waals surface area contributed by atoms with Crippen LogP contribution in [0.5, 0.6) is 0 Å². The van der Waals surface area contributed by atoms with Crippen molar-refractivity contribution in [3.8, 4) is 6.07 Å². The Morgan fingerprint density at radius 1 is 1.53 bits per heavy atom. The first kappa shape index (κ1) is 11.4. The van der Waals surface area contributed by atoms with Gasteiger partial charge in [-0.2, -0.15) is 5.26 Å². The molecule has 88 valence electrons. The highest BCUT2D eigenvalue weighted by Crippen LogP contribution is 2.25. The number of benzene rings is 1. The van der Waals surface area contributed by atoms with Crippen molar-refractivity contribution in [2.75, 3.05) is 25.0 Å². The van der Waals surface area contributed by atoms with E-state index in [0.29, 0.717) is 24.3 Å². The normalized spacial score (nSPS) is 19.6. The molecule has 1 aromatic carbocycles. The third kappa shape index (κ3) is 1.83. The fourth-order valence-corrected chi connectivity index (χ4v) is 2.00. The van der Waals surface area contributed by atoms with Gasteiger partial charge in [0.05, 0.1) is 17.3 Å². The molecular weight excluding hydrogens is 216 g/mol. The molecule has 2 rings (SSSR count). The molecule has 0 spiro atoms. The molecule has 17 heavy (non-hydrogen) atoms. The van der Waals surface area contributed by atoms with Crippen LogP contribution in [0.3, 0.4) is 0 Å². The van der Waals surface area contributed by atoms with Gasteiger partial charge in [0.2, 0.25) is 0 Å². The number of carbonyl (C=O) groups excluding carboxylic acids is 1. The minimum Gasteiger partial charge on any atom is -0.328 e. The fraction of sp³-hybridized carbons (Fsp3) is 0.333. The van der Waals surface area contributed by atoms with Crippen molar-refractivity contribution in [3.63, 3.8) is 0 Å². The lowest BCUT2D eigenvalue weighted by molar-refractivity contribution is 0.219. The largest absolute Gasteiger partial charge is 0.328 e. The number of hydrogen-bond acceptors (Lipinski definition) is 3. The van der Waals surface area contributed by atoms with Crippen LogP contribution >= 0.6 is 0 Å². The first-order valence-electron chi connectivity index (χ1n) is 5.42. The standard InChI is InChI=1S/C12H14N4O/c1-15-10(7-14)8-16(12(15)17)11-5-3-2-4-9(11)6-13/h2-5,10H,7-8,14H2,1H3. The van der Waals surface area contributed by atoms with Crippen molar-refractivity contribution < 1.29 is 4.79 Å². The number of likely N-dealkylation sites (N-methyl/N-ethyl adjacent to an activating group) is 1. The van der Waals surface area contributed by atoms with E-state index in [1.165, 1.54) is 0 Å². The molecule has 0 bridgehead atoms. The van der Waals surface area contributed by atoms with Crippen LogP contribution in [0.25, 0.3) is 0 Å². The van der Waals surface area contributed by atoms with Crippen molar-refractivity contribution in [1.82, 2.24) is 4.90 Å². The van der Waals surface area contributed by atoms with E-state index in [-0.39, 0.29) is 12.1 Å². The topological polar surface area (TPSA) is 73.4 Å². The maximum Gasteiger partial charge on any atom is 0.324 e. The van der Waals surface area contributed by atoms with Gasteiger partial charge in [-0.3, -0.25) is 4.90 Å². The SMILES string of the molecule is CN1C(=O)N(c2ccccc2C#N)CC1CN. The van der Waals surface area contributed by atoms with Crippen molar-refractivity contribution >= 4 is 11.7 Å². The van der Waals surface area contributed by atoms with Gasteiger partial charge in [-0.15, -0.1) is 0 Å². The molecule has 1 saturated heterocycles. The van der Waals surface area contributed by atoms with Gasteiger partial charge in [-0.05, 0) is 12.1 Å². The van der Waals surface area contributed by atoms with Gasteiger partial charge in [0.25, 0.3) is 0 Å². The molecule has 2 amide bonds. The molecule has 0 radical (unpaired) electrons. The van der Waals surface area contributed by atoms with Crippen molar-refractivity contribution in [2.45, 2.75) is 6.04 Å². The van der Waals surface area contributed by atoms with Crippen molar-refractivity contribution in [2.24, 2.45) is 5.73 Å². The molecular formula is C12H14N4O. The molecule has 1 fully saturated rings. The predicted molar refractivity (Wildman–Crippen MR) is 64.5 cm³/mol. The number of para-hydroxylation sites is 1. The summed E-state index contributed by atoms with van der Waals surface area (Å²) in [5.74, 6) is 0. The Labute approximate surface area is 100 Å². The lowest BCUT2D eigenvalue weighted by Crippen LogP contribution is -2.35. The second-order valence-electron chi connectivity index (χ2n) is 4.02. The first-order valence-corrected chi connectivity index (χ1v) is 5.42. The number of anilines is 1. The number of amides is 2. The lowest BCUT2D eigenvalue weighted by atomic mass is 10.2. The van der Waals surface area contributed by atoms with Gasteiger partial charge in [-0.25, -0.2) is 4.79 Å². The summed E-state index contributed by atoms with van der Waals surface area (Å²) in [5.41, 5.74) is 6.77. The molecule has 1 aromatic rings. The Morgan fingerprint density at radius 2 is 2.24 bits per heavy atom. The summed E-state index contributed by atoms with van der Waals surface area (Å²) < 4.78 is 0. The summed E-state index contributed by atoms with van der Waals surface area (Å²) in [5, 5.41) is 9.03. The van der Waals surface area contributed by atoms with Crippen LogP contribution < -0.4 is 10.6 Å². The quantitative estimate of drug-likeness (QED) is 0.815. The van der Waals surface area contributed by atoms with Gasteiger partial charge in [0.1, 0.15) is 6.07 Å². The minimum absolute atomic E-state index is 0.00856. The Morgan fingerprint density at radius 3 is 2.82 bits per heavy atom. The van der Waals surface area contributed by atoms with Crippen molar-refractivity contribution in [3.05, 3.63) is 29.8 Å². The van der Waals surface area contributed by atoms with E-state index in [1.807, 2.05) is 6.07 Å². The van der Waals surface area contributed by atoms with Gasteiger partial charge in [0, 0.05) is 20.1 Å². The molecule has 1 aliphatic heterocycles. The van der Waals surface area contributed by atoms with Crippen LogP contribution in [-0.2, 0) is 0 Å². The highest BCUT2D eigenvalue weighted by atomic mass is 16.2. The second-order valence-corrected chi connectivity index (χ2v) is 4.02. The smallest absolute Gasteiger partial charge is 0.324 e. The van der Waals surface area contributed by atoms with Crippen LogP contribution in [0.1, 0.15) is 5.56 Å². The van der Waals surface area contributed by atoms with E-state index in [4.69, 9.17) is 11.0 Å². The lowest BCUT2D eigenvalue weighted by Gasteiger charge is -2.16. The molecule has 1 atom stereocenters. The average Bonchev–Trinajstić information content (AvgIpc) is 2.66. The zero-order valence-electron chi connectivity index (χ0n) is 9.63. The van der Waals surface area contributed by atoms with Crippen LogP contribution in [0.2, 0.25) is 0 Å². The summed E-state index contributed by atoms with van der Waals surface area (Å²) in [6.07, 6.45) is 0. The minimum atomic E-state index is -0.108. The monoisotopic (exact) mass is 230 g/mol. The number of nitrogens with zero attached hydrogens (tertiary/aromatic N) is 3. The van der Waals surface area contributed by atoms with Crippen LogP contribution in [0, 0.1) is 11.3 Å². The Hall–Kier alpha value is -2.06.